The van der Waals surface area contributed by atoms with Crippen molar-refractivity contribution in [3.8, 4) is 11.3 Å². The maximum absolute atomic E-state index is 15.0. The van der Waals surface area contributed by atoms with Crippen LogP contribution in [0.4, 0.5) is 8.78 Å². The van der Waals surface area contributed by atoms with E-state index in [1.54, 1.807) is 6.92 Å². The van der Waals surface area contributed by atoms with Crippen molar-refractivity contribution in [3.63, 3.8) is 0 Å². The zero-order valence-electron chi connectivity index (χ0n) is 19.1. The summed E-state index contributed by atoms with van der Waals surface area (Å²) in [7, 11) is 0. The molecule has 8 heteroatoms. The summed E-state index contributed by atoms with van der Waals surface area (Å²) in [6.07, 6.45) is 3.55. The highest BCUT2D eigenvalue weighted by Gasteiger charge is 2.33. The van der Waals surface area contributed by atoms with Crippen LogP contribution in [0.1, 0.15) is 69.4 Å². The standard InChI is InChI=1S/C24H32ClF2N3O2/c1-5-30-22(19-17(26)11-16(10-14(2)3)12-18(19)27)20(25)21(29-30)23(31)28-13-24(32)8-6-15(4)7-9-24/h11-12,14-15,32H,5-10,13H2,1-4H3,(H,28,31). The van der Waals surface area contributed by atoms with Gasteiger partial charge in [0.05, 0.1) is 21.9 Å². The first kappa shape index (κ1) is 24.6. The third-order valence-corrected chi connectivity index (χ3v) is 6.53. The van der Waals surface area contributed by atoms with Crippen LogP contribution in [0.2, 0.25) is 5.02 Å². The molecule has 1 aliphatic carbocycles. The second-order valence-electron chi connectivity index (χ2n) is 9.45. The first-order valence-corrected chi connectivity index (χ1v) is 11.7. The van der Waals surface area contributed by atoms with Gasteiger partial charge in [0.1, 0.15) is 11.6 Å². The molecule has 2 N–H and O–H groups in total. The lowest BCUT2D eigenvalue weighted by molar-refractivity contribution is -0.00544. The Balaban J connectivity index is 1.88. The third kappa shape index (κ3) is 5.31. The molecule has 0 radical (unpaired) electrons. The Kier molecular flexibility index (Phi) is 7.61. The van der Waals surface area contributed by atoms with Crippen LogP contribution < -0.4 is 5.32 Å². The monoisotopic (exact) mass is 467 g/mol. The van der Waals surface area contributed by atoms with Gasteiger partial charge in [-0.1, -0.05) is 32.4 Å². The summed E-state index contributed by atoms with van der Waals surface area (Å²) in [6, 6.07) is 2.61. The maximum atomic E-state index is 15.0. The number of nitrogens with one attached hydrogen (secondary N) is 1. The van der Waals surface area contributed by atoms with Crippen molar-refractivity contribution >= 4 is 17.5 Å². The molecule has 1 aromatic carbocycles. The summed E-state index contributed by atoms with van der Waals surface area (Å²) in [5, 5.41) is 17.5. The normalized spacial score (nSPS) is 21.2. The van der Waals surface area contributed by atoms with Crippen molar-refractivity contribution in [1.29, 1.82) is 0 Å². The van der Waals surface area contributed by atoms with Gasteiger partial charge in [0, 0.05) is 13.1 Å². The molecule has 1 saturated carbocycles. The summed E-state index contributed by atoms with van der Waals surface area (Å²) >= 11 is 6.44. The highest BCUT2D eigenvalue weighted by atomic mass is 35.5. The van der Waals surface area contributed by atoms with Crippen LogP contribution in [0.15, 0.2) is 12.1 Å². The number of carbonyl (C=O) groups is 1. The molecule has 1 heterocycles. The van der Waals surface area contributed by atoms with Crippen LogP contribution >= 0.6 is 11.6 Å². The van der Waals surface area contributed by atoms with E-state index in [0.29, 0.717) is 30.7 Å². The van der Waals surface area contributed by atoms with Gasteiger partial charge in [-0.3, -0.25) is 9.48 Å². The summed E-state index contributed by atoms with van der Waals surface area (Å²) in [6.45, 7) is 8.20. The van der Waals surface area contributed by atoms with E-state index in [1.807, 2.05) is 13.8 Å². The number of aromatic nitrogens is 2. The van der Waals surface area contributed by atoms with E-state index in [9.17, 15) is 18.7 Å². The smallest absolute Gasteiger partial charge is 0.273 e. The van der Waals surface area contributed by atoms with Gasteiger partial charge in [-0.25, -0.2) is 8.78 Å². The molecule has 1 aromatic heterocycles. The molecule has 1 aliphatic rings. The van der Waals surface area contributed by atoms with E-state index in [0.717, 1.165) is 12.8 Å². The van der Waals surface area contributed by atoms with Crippen molar-refractivity contribution in [3.05, 3.63) is 40.0 Å². The number of amides is 1. The topological polar surface area (TPSA) is 67.2 Å². The first-order valence-electron chi connectivity index (χ1n) is 11.3. The van der Waals surface area contributed by atoms with Crippen LogP contribution in [-0.2, 0) is 13.0 Å². The van der Waals surface area contributed by atoms with Gasteiger partial charge >= 0.3 is 0 Å². The molecule has 1 amide bonds. The Labute approximate surface area is 193 Å². The van der Waals surface area contributed by atoms with Gasteiger partial charge in [-0.05, 0) is 68.6 Å². The molecule has 176 valence electrons. The molecule has 32 heavy (non-hydrogen) atoms. The van der Waals surface area contributed by atoms with Crippen molar-refractivity contribution in [1.82, 2.24) is 15.1 Å². The number of halogens is 3. The van der Waals surface area contributed by atoms with Gasteiger partial charge in [0.25, 0.3) is 5.91 Å². The molecule has 3 rings (SSSR count). The van der Waals surface area contributed by atoms with Gasteiger partial charge in [0.2, 0.25) is 0 Å². The van der Waals surface area contributed by atoms with Crippen LogP contribution in [0.5, 0.6) is 0 Å². The predicted octanol–water partition coefficient (Wildman–Crippen LogP) is 5.37. The highest BCUT2D eigenvalue weighted by molar-refractivity contribution is 6.36. The van der Waals surface area contributed by atoms with Crippen molar-refractivity contribution in [2.75, 3.05) is 6.54 Å². The van der Waals surface area contributed by atoms with Gasteiger partial charge in [0.15, 0.2) is 5.69 Å². The Bertz CT molecular complexity index is 959. The minimum atomic E-state index is -0.963. The largest absolute Gasteiger partial charge is 0.388 e. The lowest BCUT2D eigenvalue weighted by atomic mass is 9.79. The summed E-state index contributed by atoms with van der Waals surface area (Å²) < 4.78 is 31.2. The Morgan fingerprint density at radius 1 is 1.31 bits per heavy atom. The minimum absolute atomic E-state index is 0.0376. The third-order valence-electron chi connectivity index (χ3n) is 6.17. The van der Waals surface area contributed by atoms with E-state index in [4.69, 9.17) is 11.6 Å². The zero-order chi connectivity index (χ0) is 23.6. The number of rotatable bonds is 7. The van der Waals surface area contributed by atoms with Crippen molar-refractivity contribution in [2.45, 2.75) is 71.9 Å². The molecule has 0 aliphatic heterocycles. The maximum Gasteiger partial charge on any atom is 0.273 e. The second-order valence-corrected chi connectivity index (χ2v) is 9.83. The molecule has 0 bridgehead atoms. The molecule has 0 atom stereocenters. The number of aryl methyl sites for hydroxylation is 1. The molecule has 0 unspecified atom stereocenters. The average Bonchev–Trinajstić information content (AvgIpc) is 3.04. The van der Waals surface area contributed by atoms with E-state index in [2.05, 4.69) is 17.3 Å². The molecular weight excluding hydrogens is 436 g/mol. The Morgan fingerprint density at radius 2 is 1.91 bits per heavy atom. The number of hydrogen-bond acceptors (Lipinski definition) is 3. The van der Waals surface area contributed by atoms with Crippen LogP contribution in [0, 0.1) is 23.5 Å². The van der Waals surface area contributed by atoms with Crippen LogP contribution in [-0.4, -0.2) is 32.9 Å². The fourth-order valence-electron chi connectivity index (χ4n) is 4.30. The number of nitrogens with zero attached hydrogens (tertiary/aromatic N) is 2. The SMILES string of the molecule is CCn1nc(C(=O)NCC2(O)CCC(C)CC2)c(Cl)c1-c1c(F)cc(CC(C)C)cc1F. The molecule has 2 aromatic rings. The lowest BCUT2D eigenvalue weighted by Crippen LogP contribution is -2.45. The fourth-order valence-corrected chi connectivity index (χ4v) is 4.61. The average molecular weight is 468 g/mol. The molecule has 1 fully saturated rings. The summed E-state index contributed by atoms with van der Waals surface area (Å²) in [5.74, 6) is -1.25. The molecule has 0 saturated heterocycles. The zero-order valence-corrected chi connectivity index (χ0v) is 19.9. The van der Waals surface area contributed by atoms with Crippen molar-refractivity contribution < 1.29 is 18.7 Å². The minimum Gasteiger partial charge on any atom is -0.388 e. The van der Waals surface area contributed by atoms with Gasteiger partial charge < -0.3 is 10.4 Å². The number of aliphatic hydroxyl groups is 1. The van der Waals surface area contributed by atoms with Crippen molar-refractivity contribution in [2.24, 2.45) is 11.8 Å². The predicted molar refractivity (Wildman–Crippen MR) is 122 cm³/mol. The van der Waals surface area contributed by atoms with Crippen LogP contribution in [0.3, 0.4) is 0 Å². The van der Waals surface area contributed by atoms with E-state index in [1.165, 1.54) is 16.8 Å². The molecular formula is C24H32ClF2N3O2. The fraction of sp³-hybridized carbons (Fsp3) is 0.583. The Hall–Kier alpha value is -1.99. The summed E-state index contributed by atoms with van der Waals surface area (Å²) in [5.41, 5.74) is -0.770. The molecule has 0 spiro atoms. The summed E-state index contributed by atoms with van der Waals surface area (Å²) in [4.78, 5) is 12.8. The highest BCUT2D eigenvalue weighted by Crippen LogP contribution is 2.36. The molecule has 5 nitrogen and oxygen atoms in total. The second kappa shape index (κ2) is 9.87. The van der Waals surface area contributed by atoms with E-state index in [-0.39, 0.29) is 41.0 Å². The number of benzene rings is 1. The Morgan fingerprint density at radius 3 is 2.44 bits per heavy atom. The van der Waals surface area contributed by atoms with E-state index >= 15 is 0 Å². The number of hydrogen-bond donors (Lipinski definition) is 2. The number of carbonyl (C=O) groups excluding carboxylic acids is 1. The van der Waals surface area contributed by atoms with Crippen LogP contribution in [0.25, 0.3) is 11.3 Å². The van der Waals surface area contributed by atoms with Gasteiger partial charge in [-0.15, -0.1) is 0 Å². The lowest BCUT2D eigenvalue weighted by Gasteiger charge is -2.34. The van der Waals surface area contributed by atoms with E-state index < -0.39 is 23.1 Å². The first-order chi connectivity index (χ1) is 15.0. The van der Waals surface area contributed by atoms with Gasteiger partial charge in [-0.2, -0.15) is 5.10 Å². The quantitative estimate of drug-likeness (QED) is 0.575.